The van der Waals surface area contributed by atoms with Crippen LogP contribution >= 0.6 is 0 Å². The van der Waals surface area contributed by atoms with Gasteiger partial charge in [-0.3, -0.25) is 9.59 Å². The number of hydrogen-bond acceptors (Lipinski definition) is 8. The number of aromatic amines is 1. The van der Waals surface area contributed by atoms with Gasteiger partial charge in [0, 0.05) is 56.1 Å². The molecular weight excluding hydrogens is 467 g/mol. The molecule has 0 radical (unpaired) electrons. The van der Waals surface area contributed by atoms with Crippen molar-refractivity contribution in [1.82, 2.24) is 25.1 Å². The molecule has 0 aliphatic carbocycles. The van der Waals surface area contributed by atoms with E-state index in [9.17, 15) is 22.8 Å². The summed E-state index contributed by atoms with van der Waals surface area (Å²) in [7, 11) is 0. The molecule has 0 bridgehead atoms. The highest BCUT2D eigenvalue weighted by Crippen LogP contribution is 2.29. The summed E-state index contributed by atoms with van der Waals surface area (Å²) in [6.07, 6.45) is 0.0927. The average Bonchev–Trinajstić information content (AvgIpc) is 3.20. The van der Waals surface area contributed by atoms with Crippen LogP contribution in [0.15, 0.2) is 23.4 Å². The highest BCUT2D eigenvalue weighted by Gasteiger charge is 2.38. The number of halogens is 3. The molecule has 0 spiro atoms. The average molecular weight is 496 g/mol. The fourth-order valence-electron chi connectivity index (χ4n) is 4.37. The molecule has 0 aromatic carbocycles. The molecule has 1 amide bonds. The summed E-state index contributed by atoms with van der Waals surface area (Å²) in [6, 6.07) is -0.0896. The van der Waals surface area contributed by atoms with Crippen molar-refractivity contribution in [3.63, 3.8) is 0 Å². The van der Waals surface area contributed by atoms with E-state index in [-0.39, 0.29) is 29.5 Å². The zero-order valence-electron chi connectivity index (χ0n) is 19.5. The van der Waals surface area contributed by atoms with E-state index in [1.165, 1.54) is 6.20 Å². The van der Waals surface area contributed by atoms with E-state index in [2.05, 4.69) is 25.5 Å². The van der Waals surface area contributed by atoms with E-state index in [4.69, 9.17) is 4.74 Å². The Balaban J connectivity index is 1.24. The number of H-pyrrole nitrogens is 1. The first-order valence-corrected chi connectivity index (χ1v) is 11.5. The fourth-order valence-corrected chi connectivity index (χ4v) is 4.37. The third-order valence-electron chi connectivity index (χ3n) is 6.40. The maximum Gasteiger partial charge on any atom is 0.419 e. The number of nitrogens with zero attached hydrogens (tertiary/aromatic N) is 5. The fraction of sp³-hybridized carbons (Fsp3) is 0.591. The van der Waals surface area contributed by atoms with Crippen molar-refractivity contribution >= 4 is 17.5 Å². The molecule has 10 nitrogen and oxygen atoms in total. The second-order valence-corrected chi connectivity index (χ2v) is 8.91. The molecule has 35 heavy (non-hydrogen) atoms. The first kappa shape index (κ1) is 24.9. The Morgan fingerprint density at radius 2 is 1.83 bits per heavy atom. The molecule has 0 saturated carbocycles. The Labute approximate surface area is 199 Å². The third-order valence-corrected chi connectivity index (χ3v) is 6.40. The summed E-state index contributed by atoms with van der Waals surface area (Å²) in [6.45, 7) is 5.59. The number of hydrogen-bond donors (Lipinski definition) is 2. The van der Waals surface area contributed by atoms with Crippen LogP contribution in [-0.2, 0) is 15.7 Å². The predicted molar refractivity (Wildman–Crippen MR) is 121 cm³/mol. The quantitative estimate of drug-likeness (QED) is 0.599. The topological polar surface area (TPSA) is 116 Å². The number of carbonyl (C=O) groups excluding carboxylic acids is 1. The standard InChI is InChI=1S/C22H28F3N7O3/c1-13(29-17-11-28-30-19(33)14(17)2)12-35-18-5-8-32(20(18)34)16-3-6-31(7-4-16)21-26-9-15(10-27-21)22(23,24)25/h9-11,13,16,18H,3-8,12H2,1-2H3,(H2,29,30,33)/t13-,18+/m0/s1. The van der Waals surface area contributed by atoms with Crippen molar-refractivity contribution in [2.24, 2.45) is 0 Å². The molecule has 2 atom stereocenters. The number of carbonyl (C=O) groups is 1. The second-order valence-electron chi connectivity index (χ2n) is 8.91. The van der Waals surface area contributed by atoms with Crippen LogP contribution in [0, 0.1) is 6.92 Å². The van der Waals surface area contributed by atoms with E-state index in [0.29, 0.717) is 56.8 Å². The van der Waals surface area contributed by atoms with Gasteiger partial charge in [0.05, 0.1) is 24.1 Å². The second kappa shape index (κ2) is 10.2. The molecule has 190 valence electrons. The molecule has 2 aromatic heterocycles. The smallest absolute Gasteiger partial charge is 0.379 e. The normalized spacial score (nSPS) is 20.4. The third kappa shape index (κ3) is 5.72. The maximum atomic E-state index is 12.9. The number of aromatic nitrogens is 4. The lowest BCUT2D eigenvalue weighted by atomic mass is 10.0. The Bertz CT molecular complexity index is 1080. The van der Waals surface area contributed by atoms with Crippen LogP contribution in [0.25, 0.3) is 0 Å². The van der Waals surface area contributed by atoms with Gasteiger partial charge in [0.25, 0.3) is 11.5 Å². The minimum atomic E-state index is -4.47. The summed E-state index contributed by atoms with van der Waals surface area (Å²) in [4.78, 5) is 36.0. The lowest BCUT2D eigenvalue weighted by Gasteiger charge is -2.36. The summed E-state index contributed by atoms with van der Waals surface area (Å²) >= 11 is 0. The maximum absolute atomic E-state index is 12.9. The molecule has 2 N–H and O–H groups in total. The Hall–Kier alpha value is -3.22. The Morgan fingerprint density at radius 3 is 2.49 bits per heavy atom. The Kier molecular flexibility index (Phi) is 7.24. The van der Waals surface area contributed by atoms with E-state index in [0.717, 1.165) is 12.4 Å². The highest BCUT2D eigenvalue weighted by atomic mass is 19.4. The van der Waals surface area contributed by atoms with Crippen LogP contribution in [0.3, 0.4) is 0 Å². The van der Waals surface area contributed by atoms with Crippen molar-refractivity contribution < 1.29 is 22.7 Å². The molecule has 0 unspecified atom stereocenters. The van der Waals surface area contributed by atoms with Crippen molar-refractivity contribution in [1.29, 1.82) is 0 Å². The number of ether oxygens (including phenoxy) is 1. The summed E-state index contributed by atoms with van der Waals surface area (Å²) in [5, 5.41) is 9.35. The molecule has 2 aliphatic heterocycles. The monoisotopic (exact) mass is 495 g/mol. The van der Waals surface area contributed by atoms with Gasteiger partial charge in [-0.05, 0) is 26.7 Å². The zero-order chi connectivity index (χ0) is 25.2. The van der Waals surface area contributed by atoms with Gasteiger partial charge >= 0.3 is 6.18 Å². The molecule has 2 aliphatic rings. The van der Waals surface area contributed by atoms with Crippen molar-refractivity contribution in [2.45, 2.75) is 57.5 Å². The van der Waals surface area contributed by atoms with Gasteiger partial charge in [-0.2, -0.15) is 18.3 Å². The van der Waals surface area contributed by atoms with Crippen molar-refractivity contribution in [3.8, 4) is 0 Å². The number of anilines is 2. The Morgan fingerprint density at radius 1 is 1.14 bits per heavy atom. The lowest BCUT2D eigenvalue weighted by molar-refractivity contribution is -0.139. The van der Waals surface area contributed by atoms with Gasteiger partial charge in [-0.15, -0.1) is 0 Å². The van der Waals surface area contributed by atoms with E-state index >= 15 is 0 Å². The van der Waals surface area contributed by atoms with E-state index in [1.807, 2.05) is 16.7 Å². The largest absolute Gasteiger partial charge is 0.419 e. The van der Waals surface area contributed by atoms with Crippen molar-refractivity contribution in [2.75, 3.05) is 36.5 Å². The number of rotatable bonds is 7. The van der Waals surface area contributed by atoms with Crippen LogP contribution in [-0.4, -0.2) is 75.4 Å². The zero-order valence-corrected chi connectivity index (χ0v) is 19.5. The van der Waals surface area contributed by atoms with Gasteiger partial charge in [-0.1, -0.05) is 0 Å². The molecule has 2 fully saturated rings. The summed E-state index contributed by atoms with van der Waals surface area (Å²) in [5.41, 5.74) is 0.00951. The number of likely N-dealkylation sites (tertiary alicyclic amines) is 1. The number of piperidine rings is 1. The number of alkyl halides is 3. The molecule has 4 heterocycles. The van der Waals surface area contributed by atoms with Gasteiger partial charge < -0.3 is 19.9 Å². The van der Waals surface area contributed by atoms with Gasteiger partial charge in [0.2, 0.25) is 5.95 Å². The highest BCUT2D eigenvalue weighted by molar-refractivity contribution is 5.83. The number of nitrogens with one attached hydrogen (secondary N) is 2. The molecule has 2 aromatic rings. The van der Waals surface area contributed by atoms with Crippen LogP contribution in [0.1, 0.15) is 37.3 Å². The van der Waals surface area contributed by atoms with Gasteiger partial charge in [0.1, 0.15) is 6.10 Å². The molecule has 2 saturated heterocycles. The predicted octanol–water partition coefficient (Wildman–Crippen LogP) is 1.97. The minimum absolute atomic E-state index is 0.0436. The first-order valence-electron chi connectivity index (χ1n) is 11.5. The van der Waals surface area contributed by atoms with Crippen LogP contribution < -0.4 is 15.8 Å². The first-order chi connectivity index (χ1) is 16.6. The minimum Gasteiger partial charge on any atom is -0.379 e. The summed E-state index contributed by atoms with van der Waals surface area (Å²) in [5.74, 6) is 0.216. The molecular formula is C22H28F3N7O3. The molecule has 13 heteroatoms. The van der Waals surface area contributed by atoms with E-state index < -0.39 is 17.8 Å². The summed E-state index contributed by atoms with van der Waals surface area (Å²) < 4.78 is 44.1. The van der Waals surface area contributed by atoms with Crippen molar-refractivity contribution in [3.05, 3.63) is 40.1 Å². The van der Waals surface area contributed by atoms with Gasteiger partial charge in [-0.25, -0.2) is 15.1 Å². The van der Waals surface area contributed by atoms with Crippen LogP contribution in [0.2, 0.25) is 0 Å². The molecule has 4 rings (SSSR count). The van der Waals surface area contributed by atoms with Crippen LogP contribution in [0.5, 0.6) is 0 Å². The lowest BCUT2D eigenvalue weighted by Crippen LogP contribution is -2.47. The van der Waals surface area contributed by atoms with Crippen LogP contribution in [0.4, 0.5) is 24.8 Å². The SMILES string of the molecule is Cc1c(N[C@@H](C)CO[C@@H]2CCN(C3CCN(c4ncc(C(F)(F)F)cn4)CC3)C2=O)cn[nH]c1=O. The number of amides is 1. The van der Waals surface area contributed by atoms with Gasteiger partial charge in [0.15, 0.2) is 0 Å². The van der Waals surface area contributed by atoms with E-state index in [1.54, 1.807) is 6.92 Å².